The van der Waals surface area contributed by atoms with Gasteiger partial charge in [0.2, 0.25) is 0 Å². The van der Waals surface area contributed by atoms with E-state index in [2.05, 4.69) is 39.9 Å². The molecule has 2 fully saturated rings. The monoisotopic (exact) mass is 337 g/mol. The fourth-order valence-corrected chi connectivity index (χ4v) is 4.59. The van der Waals surface area contributed by atoms with Gasteiger partial charge in [-0.1, -0.05) is 36.8 Å². The molecule has 2 saturated carbocycles. The topological polar surface area (TPSA) is 37.0 Å². The van der Waals surface area contributed by atoms with Crippen molar-refractivity contribution in [2.45, 2.75) is 37.8 Å². The highest BCUT2D eigenvalue weighted by Gasteiger charge is 2.39. The van der Waals surface area contributed by atoms with Gasteiger partial charge in [0, 0.05) is 18.4 Å². The summed E-state index contributed by atoms with van der Waals surface area (Å²) in [4.78, 5) is 4.13. The van der Waals surface area contributed by atoms with Crippen LogP contribution in [0, 0.1) is 11.8 Å². The normalized spacial score (nSPS) is 26.1. The van der Waals surface area contributed by atoms with Gasteiger partial charge in [-0.05, 0) is 66.6 Å². The Morgan fingerprint density at radius 1 is 1.00 bits per heavy atom. The first-order valence-electron chi connectivity index (χ1n) is 8.81. The van der Waals surface area contributed by atoms with Crippen molar-refractivity contribution in [1.29, 1.82) is 0 Å². The van der Waals surface area contributed by atoms with Crippen LogP contribution < -0.4 is 10.6 Å². The van der Waals surface area contributed by atoms with Gasteiger partial charge in [-0.15, -0.1) is 0 Å². The Morgan fingerprint density at radius 2 is 1.75 bits per heavy atom. The molecule has 1 aromatic carbocycles. The Balaban J connectivity index is 1.48. The van der Waals surface area contributed by atoms with Crippen molar-refractivity contribution in [2.24, 2.45) is 11.8 Å². The summed E-state index contributed by atoms with van der Waals surface area (Å²) >= 11 is 5.64. The number of rotatable bonds is 4. The van der Waals surface area contributed by atoms with Crippen LogP contribution in [0.1, 0.15) is 42.9 Å². The molecule has 2 aliphatic rings. The third-order valence-corrected chi connectivity index (χ3v) is 5.74. The Labute approximate surface area is 148 Å². The summed E-state index contributed by atoms with van der Waals surface area (Å²) in [6, 6.07) is 15.1. The average Bonchev–Trinajstić information content (AvgIpc) is 3.24. The van der Waals surface area contributed by atoms with Gasteiger partial charge in [0.05, 0.1) is 6.04 Å². The molecule has 0 radical (unpaired) electrons. The molecule has 2 N–H and O–H groups in total. The number of thiocarbonyl (C=S) groups is 1. The molecule has 2 aromatic rings. The van der Waals surface area contributed by atoms with Crippen LogP contribution in [0.15, 0.2) is 54.9 Å². The van der Waals surface area contributed by atoms with E-state index in [0.29, 0.717) is 6.04 Å². The third-order valence-electron chi connectivity index (χ3n) is 5.50. The maximum atomic E-state index is 5.64. The van der Waals surface area contributed by atoms with Crippen LogP contribution >= 0.6 is 12.2 Å². The summed E-state index contributed by atoms with van der Waals surface area (Å²) in [6.07, 6.45) is 9.09. The number of hydrogen-bond acceptors (Lipinski definition) is 2. The van der Waals surface area contributed by atoms with Gasteiger partial charge >= 0.3 is 0 Å². The molecule has 0 saturated heterocycles. The molecule has 0 aliphatic heterocycles. The molecule has 124 valence electrons. The summed E-state index contributed by atoms with van der Waals surface area (Å²) in [7, 11) is 0. The number of pyridine rings is 1. The van der Waals surface area contributed by atoms with E-state index in [0.717, 1.165) is 16.9 Å². The standard InChI is InChI=1S/C20H23N3S/c24-20(22-18-13-14-6-7-17(18)12-14)23-19(15-4-2-1-3-5-15)16-8-10-21-11-9-16/h1-5,8-11,14,17-19H,6-7,12-13H2,(H2,22,23,24)/t14-,17-,18+,19+/m0/s1. The molecule has 0 spiro atoms. The third kappa shape index (κ3) is 3.29. The Kier molecular flexibility index (Phi) is 4.48. The van der Waals surface area contributed by atoms with Gasteiger partial charge in [-0.3, -0.25) is 4.98 Å². The minimum absolute atomic E-state index is 0.0489. The first-order chi connectivity index (χ1) is 11.8. The maximum absolute atomic E-state index is 5.64. The Hall–Kier alpha value is -1.94. The van der Waals surface area contributed by atoms with Crippen LogP contribution in [0.4, 0.5) is 0 Å². The van der Waals surface area contributed by atoms with Crippen molar-refractivity contribution >= 4 is 17.3 Å². The van der Waals surface area contributed by atoms with Gasteiger partial charge in [-0.2, -0.15) is 0 Å². The van der Waals surface area contributed by atoms with E-state index in [1.807, 2.05) is 30.6 Å². The molecule has 0 unspecified atom stereocenters. The predicted octanol–water partition coefficient (Wildman–Crippen LogP) is 3.82. The fraction of sp³-hybridized carbons (Fsp3) is 0.400. The maximum Gasteiger partial charge on any atom is 0.167 e. The number of nitrogens with zero attached hydrogens (tertiary/aromatic N) is 1. The molecule has 4 atom stereocenters. The summed E-state index contributed by atoms with van der Waals surface area (Å²) in [5.41, 5.74) is 2.38. The molecular weight excluding hydrogens is 314 g/mol. The van der Waals surface area contributed by atoms with E-state index in [9.17, 15) is 0 Å². The molecule has 4 heteroatoms. The summed E-state index contributed by atoms with van der Waals surface area (Å²) < 4.78 is 0. The van der Waals surface area contributed by atoms with E-state index >= 15 is 0 Å². The van der Waals surface area contributed by atoms with Gasteiger partial charge < -0.3 is 10.6 Å². The molecule has 0 amide bonds. The lowest BCUT2D eigenvalue weighted by atomic mass is 9.95. The highest BCUT2D eigenvalue weighted by molar-refractivity contribution is 7.80. The van der Waals surface area contributed by atoms with Crippen molar-refractivity contribution in [2.75, 3.05) is 0 Å². The van der Waals surface area contributed by atoms with Crippen molar-refractivity contribution in [3.63, 3.8) is 0 Å². The number of fused-ring (bicyclic) bond motifs is 2. The van der Waals surface area contributed by atoms with Gasteiger partial charge in [0.25, 0.3) is 0 Å². The molecule has 3 nitrogen and oxygen atoms in total. The zero-order valence-corrected chi connectivity index (χ0v) is 14.5. The number of aromatic nitrogens is 1. The second-order valence-electron chi connectivity index (χ2n) is 7.02. The summed E-state index contributed by atoms with van der Waals surface area (Å²) in [6.45, 7) is 0. The quantitative estimate of drug-likeness (QED) is 0.832. The van der Waals surface area contributed by atoms with E-state index in [-0.39, 0.29) is 6.04 Å². The number of nitrogens with one attached hydrogen (secondary N) is 2. The van der Waals surface area contributed by atoms with E-state index in [1.54, 1.807) is 0 Å². The second-order valence-corrected chi connectivity index (χ2v) is 7.43. The van der Waals surface area contributed by atoms with Crippen LogP contribution in [-0.2, 0) is 0 Å². The first-order valence-corrected chi connectivity index (χ1v) is 9.22. The van der Waals surface area contributed by atoms with Gasteiger partial charge in [0.15, 0.2) is 5.11 Å². The smallest absolute Gasteiger partial charge is 0.167 e. The fourth-order valence-electron chi connectivity index (χ4n) is 4.32. The van der Waals surface area contributed by atoms with Crippen LogP contribution in [0.3, 0.4) is 0 Å². The first kappa shape index (κ1) is 15.6. The average molecular weight is 337 g/mol. The molecule has 1 aromatic heterocycles. The van der Waals surface area contributed by atoms with Crippen LogP contribution in [0.25, 0.3) is 0 Å². The molecule has 1 heterocycles. The Bertz CT molecular complexity index is 649. The number of hydrogen-bond donors (Lipinski definition) is 2. The van der Waals surface area contributed by atoms with Crippen molar-refractivity contribution in [3.8, 4) is 0 Å². The van der Waals surface area contributed by atoms with Crippen molar-refractivity contribution in [1.82, 2.24) is 15.6 Å². The van der Waals surface area contributed by atoms with Crippen molar-refractivity contribution < 1.29 is 0 Å². The summed E-state index contributed by atoms with van der Waals surface area (Å²) in [5.74, 6) is 1.73. The molecule has 4 rings (SSSR count). The largest absolute Gasteiger partial charge is 0.360 e. The minimum Gasteiger partial charge on any atom is -0.360 e. The number of benzene rings is 1. The zero-order chi connectivity index (χ0) is 16.4. The van der Waals surface area contributed by atoms with Crippen LogP contribution in [-0.4, -0.2) is 16.1 Å². The highest BCUT2D eigenvalue weighted by Crippen LogP contribution is 2.44. The molecule has 2 aliphatic carbocycles. The SMILES string of the molecule is S=C(N[C@H](c1ccccc1)c1ccncc1)N[C@@H]1C[C@H]2CC[C@H]1C2. The van der Waals surface area contributed by atoms with Crippen molar-refractivity contribution in [3.05, 3.63) is 66.0 Å². The van der Waals surface area contributed by atoms with Crippen LogP contribution in [0.2, 0.25) is 0 Å². The lowest BCUT2D eigenvalue weighted by Gasteiger charge is -2.27. The minimum atomic E-state index is 0.0489. The molecular formula is C20H23N3S. The zero-order valence-electron chi connectivity index (χ0n) is 13.7. The summed E-state index contributed by atoms with van der Waals surface area (Å²) in [5, 5.41) is 7.88. The lowest BCUT2D eigenvalue weighted by molar-refractivity contribution is 0.388. The van der Waals surface area contributed by atoms with Crippen LogP contribution in [0.5, 0.6) is 0 Å². The van der Waals surface area contributed by atoms with E-state index in [4.69, 9.17) is 12.2 Å². The predicted molar refractivity (Wildman–Crippen MR) is 101 cm³/mol. The molecule has 2 bridgehead atoms. The lowest BCUT2D eigenvalue weighted by Crippen LogP contribution is -2.45. The van der Waals surface area contributed by atoms with Gasteiger partial charge in [-0.25, -0.2) is 0 Å². The highest BCUT2D eigenvalue weighted by atomic mass is 32.1. The second kappa shape index (κ2) is 6.89. The molecule has 24 heavy (non-hydrogen) atoms. The van der Waals surface area contributed by atoms with Gasteiger partial charge in [0.1, 0.15) is 0 Å². The van der Waals surface area contributed by atoms with E-state index < -0.39 is 0 Å². The Morgan fingerprint density at radius 3 is 2.42 bits per heavy atom. The van der Waals surface area contributed by atoms with E-state index in [1.165, 1.54) is 36.8 Å².